The molecule has 21 heavy (non-hydrogen) atoms. The van der Waals surface area contributed by atoms with Crippen molar-refractivity contribution in [3.8, 4) is 0 Å². The van der Waals surface area contributed by atoms with E-state index in [9.17, 15) is 0 Å². The average Bonchev–Trinajstić information content (AvgIpc) is 2.76. The summed E-state index contributed by atoms with van der Waals surface area (Å²) < 4.78 is 6.48. The lowest BCUT2D eigenvalue weighted by Crippen LogP contribution is -2.45. The Labute approximate surface area is 128 Å². The van der Waals surface area contributed by atoms with E-state index in [1.54, 1.807) is 0 Å². The number of nitrogens with zero attached hydrogens (tertiary/aromatic N) is 1. The monoisotopic (exact) mass is 285 g/mol. The van der Waals surface area contributed by atoms with Crippen LogP contribution in [0.15, 0.2) is 43.0 Å². The highest BCUT2D eigenvalue weighted by molar-refractivity contribution is 5.17. The van der Waals surface area contributed by atoms with Crippen LogP contribution in [0.4, 0.5) is 0 Å². The van der Waals surface area contributed by atoms with Crippen LogP contribution in [-0.2, 0) is 4.74 Å². The molecular formula is C19H27NO. The second kappa shape index (κ2) is 6.76. The van der Waals surface area contributed by atoms with E-state index in [1.165, 1.54) is 31.2 Å². The number of hydrogen-bond acceptors (Lipinski definition) is 2. The van der Waals surface area contributed by atoms with Crippen LogP contribution in [0, 0.1) is 0 Å². The van der Waals surface area contributed by atoms with Gasteiger partial charge in [-0.15, -0.1) is 6.58 Å². The standard InChI is InChI=1S/C19H27NO/c1-3-12-20-16-10-11-17(20)14-18(13-16)21-19(4-2)15-8-6-5-7-9-15/h3,5-9,16-19H,1,4,10-14H2,2H3/t16-,17+,18?,19?. The van der Waals surface area contributed by atoms with Gasteiger partial charge in [-0.2, -0.15) is 0 Å². The van der Waals surface area contributed by atoms with Crippen LogP contribution in [0.1, 0.15) is 50.7 Å². The highest BCUT2D eigenvalue weighted by Gasteiger charge is 2.40. The number of piperidine rings is 1. The molecule has 0 amide bonds. The van der Waals surface area contributed by atoms with Crippen LogP contribution in [0.5, 0.6) is 0 Å². The van der Waals surface area contributed by atoms with E-state index in [0.717, 1.165) is 13.0 Å². The van der Waals surface area contributed by atoms with Crippen LogP contribution >= 0.6 is 0 Å². The lowest BCUT2D eigenvalue weighted by Gasteiger charge is -2.39. The molecule has 2 aliphatic rings. The molecule has 0 aromatic heterocycles. The third-order valence-corrected chi connectivity index (χ3v) is 5.08. The Hall–Kier alpha value is -1.12. The van der Waals surface area contributed by atoms with Crippen LogP contribution < -0.4 is 0 Å². The van der Waals surface area contributed by atoms with Gasteiger partial charge in [0.25, 0.3) is 0 Å². The van der Waals surface area contributed by atoms with Gasteiger partial charge in [0.15, 0.2) is 0 Å². The molecule has 0 N–H and O–H groups in total. The smallest absolute Gasteiger partial charge is 0.0826 e. The van der Waals surface area contributed by atoms with Gasteiger partial charge in [0.05, 0.1) is 12.2 Å². The van der Waals surface area contributed by atoms with Crippen molar-refractivity contribution in [1.82, 2.24) is 4.90 Å². The van der Waals surface area contributed by atoms with Gasteiger partial charge in [0.2, 0.25) is 0 Å². The van der Waals surface area contributed by atoms with E-state index in [2.05, 4.69) is 48.7 Å². The Morgan fingerprint density at radius 2 is 1.90 bits per heavy atom. The minimum Gasteiger partial charge on any atom is -0.370 e. The first-order valence-electron chi connectivity index (χ1n) is 8.38. The molecule has 2 heteroatoms. The summed E-state index contributed by atoms with van der Waals surface area (Å²) in [4.78, 5) is 2.64. The van der Waals surface area contributed by atoms with Gasteiger partial charge in [-0.25, -0.2) is 0 Å². The Kier molecular flexibility index (Phi) is 4.77. The van der Waals surface area contributed by atoms with Gasteiger partial charge in [-0.1, -0.05) is 43.3 Å². The normalized spacial score (nSPS) is 30.2. The maximum atomic E-state index is 6.48. The molecule has 2 aliphatic heterocycles. The van der Waals surface area contributed by atoms with Crippen molar-refractivity contribution in [3.63, 3.8) is 0 Å². The van der Waals surface area contributed by atoms with Gasteiger partial charge >= 0.3 is 0 Å². The molecule has 1 aromatic carbocycles. The molecule has 4 atom stereocenters. The predicted molar refractivity (Wildman–Crippen MR) is 87.3 cm³/mol. The van der Waals surface area contributed by atoms with Crippen molar-refractivity contribution in [2.45, 2.75) is 63.3 Å². The summed E-state index contributed by atoms with van der Waals surface area (Å²) in [5.41, 5.74) is 1.32. The zero-order valence-corrected chi connectivity index (χ0v) is 13.1. The van der Waals surface area contributed by atoms with Crippen LogP contribution in [0.3, 0.4) is 0 Å². The second-order valence-electron chi connectivity index (χ2n) is 6.41. The first-order valence-corrected chi connectivity index (χ1v) is 8.38. The van der Waals surface area contributed by atoms with E-state index < -0.39 is 0 Å². The summed E-state index contributed by atoms with van der Waals surface area (Å²) in [6.07, 6.45) is 8.81. The van der Waals surface area contributed by atoms with Gasteiger partial charge in [0, 0.05) is 18.6 Å². The third-order valence-electron chi connectivity index (χ3n) is 5.08. The predicted octanol–water partition coefficient (Wildman–Crippen LogP) is 4.34. The quantitative estimate of drug-likeness (QED) is 0.721. The van der Waals surface area contributed by atoms with Crippen molar-refractivity contribution >= 4 is 0 Å². The van der Waals surface area contributed by atoms with E-state index in [1.807, 2.05) is 6.08 Å². The van der Waals surface area contributed by atoms with Crippen molar-refractivity contribution in [2.24, 2.45) is 0 Å². The summed E-state index contributed by atoms with van der Waals surface area (Å²) in [6.45, 7) is 7.16. The first kappa shape index (κ1) is 14.8. The molecule has 2 nitrogen and oxygen atoms in total. The molecule has 2 bridgehead atoms. The molecule has 114 valence electrons. The second-order valence-corrected chi connectivity index (χ2v) is 6.41. The largest absolute Gasteiger partial charge is 0.370 e. The Morgan fingerprint density at radius 3 is 2.48 bits per heavy atom. The number of rotatable bonds is 6. The lowest BCUT2D eigenvalue weighted by molar-refractivity contribution is -0.0616. The van der Waals surface area contributed by atoms with Gasteiger partial charge < -0.3 is 4.74 Å². The lowest BCUT2D eigenvalue weighted by atomic mass is 9.98. The number of fused-ring (bicyclic) bond motifs is 2. The van der Waals surface area contributed by atoms with Gasteiger partial charge in [0.1, 0.15) is 0 Å². The molecule has 3 rings (SSSR count). The fraction of sp³-hybridized carbons (Fsp3) is 0.579. The minimum atomic E-state index is 0.251. The number of hydrogen-bond donors (Lipinski definition) is 0. The van der Waals surface area contributed by atoms with Crippen LogP contribution in [0.2, 0.25) is 0 Å². The topological polar surface area (TPSA) is 12.5 Å². The first-order chi connectivity index (χ1) is 10.3. The zero-order chi connectivity index (χ0) is 14.7. The minimum absolute atomic E-state index is 0.251. The summed E-state index contributed by atoms with van der Waals surface area (Å²) in [7, 11) is 0. The molecule has 2 unspecified atom stereocenters. The van der Waals surface area contributed by atoms with Crippen molar-refractivity contribution in [1.29, 1.82) is 0 Å². The molecule has 0 radical (unpaired) electrons. The molecule has 2 heterocycles. The maximum absolute atomic E-state index is 6.48. The van der Waals surface area contributed by atoms with Gasteiger partial charge in [-0.05, 0) is 37.7 Å². The third kappa shape index (κ3) is 3.22. The SMILES string of the molecule is C=CCN1[C@@H]2CC[C@H]1CC(OC(CC)c1ccccc1)C2. The molecule has 2 saturated heterocycles. The fourth-order valence-corrected chi connectivity index (χ4v) is 4.09. The molecule has 1 aromatic rings. The molecule has 0 spiro atoms. The summed E-state index contributed by atoms with van der Waals surface area (Å²) in [5, 5.41) is 0. The Balaban J connectivity index is 1.63. The Bertz CT molecular complexity index is 444. The Morgan fingerprint density at radius 1 is 1.24 bits per heavy atom. The van der Waals surface area contributed by atoms with E-state index in [-0.39, 0.29) is 6.10 Å². The summed E-state index contributed by atoms with van der Waals surface area (Å²) >= 11 is 0. The highest BCUT2D eigenvalue weighted by atomic mass is 16.5. The van der Waals surface area contributed by atoms with Crippen molar-refractivity contribution in [2.75, 3.05) is 6.54 Å². The maximum Gasteiger partial charge on any atom is 0.0826 e. The van der Waals surface area contributed by atoms with E-state index in [0.29, 0.717) is 18.2 Å². The van der Waals surface area contributed by atoms with Crippen molar-refractivity contribution < 1.29 is 4.74 Å². The van der Waals surface area contributed by atoms with Crippen LogP contribution in [-0.4, -0.2) is 29.6 Å². The average molecular weight is 285 g/mol. The molecule has 0 saturated carbocycles. The van der Waals surface area contributed by atoms with E-state index >= 15 is 0 Å². The fourth-order valence-electron chi connectivity index (χ4n) is 4.09. The summed E-state index contributed by atoms with van der Waals surface area (Å²) in [6, 6.07) is 12.1. The molecule has 2 fully saturated rings. The molecular weight excluding hydrogens is 258 g/mol. The number of ether oxygens (including phenoxy) is 1. The zero-order valence-electron chi connectivity index (χ0n) is 13.1. The molecule has 0 aliphatic carbocycles. The van der Waals surface area contributed by atoms with Gasteiger partial charge in [-0.3, -0.25) is 4.90 Å². The highest BCUT2D eigenvalue weighted by Crippen LogP contribution is 2.38. The number of benzene rings is 1. The van der Waals surface area contributed by atoms with E-state index in [4.69, 9.17) is 4.74 Å². The van der Waals surface area contributed by atoms with Crippen molar-refractivity contribution in [3.05, 3.63) is 48.6 Å². The van der Waals surface area contributed by atoms with Crippen LogP contribution in [0.25, 0.3) is 0 Å². The summed E-state index contributed by atoms with van der Waals surface area (Å²) in [5.74, 6) is 0.